The molecule has 0 aromatic rings. The first-order chi connectivity index (χ1) is 6.82. The summed E-state index contributed by atoms with van der Waals surface area (Å²) < 4.78 is 0. The van der Waals surface area contributed by atoms with E-state index in [-0.39, 0.29) is 5.54 Å². The van der Waals surface area contributed by atoms with Crippen LogP contribution in [0.3, 0.4) is 0 Å². The molecule has 1 N–H and O–H groups in total. The lowest BCUT2D eigenvalue weighted by Gasteiger charge is -2.52. The molecule has 3 fully saturated rings. The second kappa shape index (κ2) is 2.96. The number of piperazine rings is 1. The van der Waals surface area contributed by atoms with Crippen molar-refractivity contribution >= 4 is 5.91 Å². The molecule has 1 atom stereocenters. The number of carbonyl (C=O) groups excluding carboxylic acids is 1. The van der Waals surface area contributed by atoms with E-state index in [0.29, 0.717) is 11.9 Å². The summed E-state index contributed by atoms with van der Waals surface area (Å²) >= 11 is 0. The van der Waals surface area contributed by atoms with E-state index in [1.807, 2.05) is 0 Å². The molecule has 2 saturated heterocycles. The maximum Gasteiger partial charge on any atom is 0.243 e. The van der Waals surface area contributed by atoms with Crippen LogP contribution in [0.4, 0.5) is 0 Å². The minimum Gasteiger partial charge on any atom is -0.337 e. The highest BCUT2D eigenvalue weighted by atomic mass is 16.2. The Hall–Kier alpha value is -0.570. The lowest BCUT2D eigenvalue weighted by atomic mass is 9.73. The second-order valence-corrected chi connectivity index (χ2v) is 4.96. The molecule has 1 spiro atoms. The molecular formula is C11H18N2O. The number of nitrogens with one attached hydrogen (secondary N) is 1. The van der Waals surface area contributed by atoms with Crippen LogP contribution in [0.25, 0.3) is 0 Å². The van der Waals surface area contributed by atoms with Crippen molar-refractivity contribution in [3.63, 3.8) is 0 Å². The molecule has 14 heavy (non-hydrogen) atoms. The van der Waals surface area contributed by atoms with Gasteiger partial charge in [0.15, 0.2) is 0 Å². The van der Waals surface area contributed by atoms with Crippen molar-refractivity contribution in [2.45, 2.75) is 50.1 Å². The first-order valence-electron chi connectivity index (χ1n) is 5.88. The van der Waals surface area contributed by atoms with Gasteiger partial charge in [-0.25, -0.2) is 0 Å². The third-order valence-corrected chi connectivity index (χ3v) is 4.18. The fraction of sp³-hybridized carbons (Fsp3) is 0.909. The van der Waals surface area contributed by atoms with Crippen LogP contribution >= 0.6 is 0 Å². The zero-order chi connectivity index (χ0) is 9.60. The van der Waals surface area contributed by atoms with Crippen LogP contribution in [0.15, 0.2) is 0 Å². The van der Waals surface area contributed by atoms with Crippen LogP contribution in [0.5, 0.6) is 0 Å². The Kier molecular flexibility index (Phi) is 1.84. The first kappa shape index (κ1) is 8.72. The molecule has 0 unspecified atom stereocenters. The van der Waals surface area contributed by atoms with E-state index in [4.69, 9.17) is 0 Å². The predicted octanol–water partition coefficient (Wildman–Crippen LogP) is 0.893. The van der Waals surface area contributed by atoms with Gasteiger partial charge in [-0.3, -0.25) is 4.79 Å². The summed E-state index contributed by atoms with van der Waals surface area (Å²) in [6.07, 6.45) is 7.05. The number of piperidine rings is 1. The van der Waals surface area contributed by atoms with Crippen LogP contribution in [-0.2, 0) is 4.79 Å². The minimum absolute atomic E-state index is 0.117. The molecule has 1 saturated carbocycles. The highest BCUT2D eigenvalue weighted by molar-refractivity contribution is 5.88. The van der Waals surface area contributed by atoms with Gasteiger partial charge in [0, 0.05) is 19.1 Å². The number of nitrogens with zero attached hydrogens (tertiary/aromatic N) is 1. The van der Waals surface area contributed by atoms with Crippen molar-refractivity contribution in [3.05, 3.63) is 0 Å². The molecular weight excluding hydrogens is 176 g/mol. The topological polar surface area (TPSA) is 32.3 Å². The van der Waals surface area contributed by atoms with Crippen LogP contribution in [0.1, 0.15) is 38.5 Å². The zero-order valence-corrected chi connectivity index (χ0v) is 8.59. The molecule has 3 rings (SSSR count). The Balaban J connectivity index is 1.81. The monoisotopic (exact) mass is 194 g/mol. The standard InChI is InChI=1S/C11H18N2O/c14-10-11(5-3-6-11)12-8-9-4-1-2-7-13(9)10/h9,12H,1-8H2/t9-/m0/s1. The van der Waals surface area contributed by atoms with Gasteiger partial charge in [-0.1, -0.05) is 0 Å². The first-order valence-corrected chi connectivity index (χ1v) is 5.88. The van der Waals surface area contributed by atoms with Crippen molar-refractivity contribution < 1.29 is 4.79 Å². The molecule has 1 amide bonds. The summed E-state index contributed by atoms with van der Waals surface area (Å²) in [7, 11) is 0. The van der Waals surface area contributed by atoms with Crippen molar-refractivity contribution in [1.29, 1.82) is 0 Å². The lowest BCUT2D eigenvalue weighted by Crippen LogP contribution is -2.71. The fourth-order valence-corrected chi connectivity index (χ4v) is 3.06. The normalized spacial score (nSPS) is 35.3. The minimum atomic E-state index is -0.117. The summed E-state index contributed by atoms with van der Waals surface area (Å²) in [6.45, 7) is 2.04. The Labute approximate surface area is 84.8 Å². The number of rotatable bonds is 0. The number of carbonyl (C=O) groups is 1. The average molecular weight is 194 g/mol. The van der Waals surface area contributed by atoms with Gasteiger partial charge in [-0.2, -0.15) is 0 Å². The summed E-state index contributed by atoms with van der Waals surface area (Å²) in [5, 5.41) is 3.49. The number of fused-ring (bicyclic) bond motifs is 1. The molecule has 0 aromatic carbocycles. The van der Waals surface area contributed by atoms with Crippen molar-refractivity contribution in [2.75, 3.05) is 13.1 Å². The fourth-order valence-electron chi connectivity index (χ4n) is 3.06. The Bertz CT molecular complexity index is 260. The molecule has 0 bridgehead atoms. The van der Waals surface area contributed by atoms with E-state index < -0.39 is 0 Å². The van der Waals surface area contributed by atoms with E-state index in [0.717, 1.165) is 25.9 Å². The number of hydrogen-bond donors (Lipinski definition) is 1. The maximum atomic E-state index is 12.2. The number of hydrogen-bond acceptors (Lipinski definition) is 2. The van der Waals surface area contributed by atoms with Crippen LogP contribution < -0.4 is 5.32 Å². The van der Waals surface area contributed by atoms with Gasteiger partial charge in [0.1, 0.15) is 0 Å². The molecule has 0 aromatic heterocycles. The second-order valence-electron chi connectivity index (χ2n) is 4.96. The maximum absolute atomic E-state index is 12.2. The Morgan fingerprint density at radius 2 is 2.14 bits per heavy atom. The summed E-state index contributed by atoms with van der Waals surface area (Å²) in [5.41, 5.74) is -0.117. The van der Waals surface area contributed by atoms with Gasteiger partial charge in [0.25, 0.3) is 0 Å². The van der Waals surface area contributed by atoms with Gasteiger partial charge in [0.05, 0.1) is 5.54 Å². The summed E-state index contributed by atoms with van der Waals surface area (Å²) in [5.74, 6) is 0.403. The number of amides is 1. The van der Waals surface area contributed by atoms with Crippen LogP contribution in [-0.4, -0.2) is 35.5 Å². The Morgan fingerprint density at radius 1 is 1.29 bits per heavy atom. The third kappa shape index (κ3) is 1.05. The van der Waals surface area contributed by atoms with Crippen LogP contribution in [0.2, 0.25) is 0 Å². The average Bonchev–Trinajstić information content (AvgIpc) is 2.16. The van der Waals surface area contributed by atoms with E-state index in [1.54, 1.807) is 0 Å². The van der Waals surface area contributed by atoms with Crippen molar-refractivity contribution in [3.8, 4) is 0 Å². The smallest absolute Gasteiger partial charge is 0.243 e. The Morgan fingerprint density at radius 3 is 2.86 bits per heavy atom. The zero-order valence-electron chi connectivity index (χ0n) is 8.59. The van der Waals surface area contributed by atoms with Gasteiger partial charge < -0.3 is 10.2 Å². The van der Waals surface area contributed by atoms with Crippen molar-refractivity contribution in [1.82, 2.24) is 10.2 Å². The largest absolute Gasteiger partial charge is 0.337 e. The molecule has 0 radical (unpaired) electrons. The van der Waals surface area contributed by atoms with Gasteiger partial charge in [0.2, 0.25) is 5.91 Å². The molecule has 2 heterocycles. The molecule has 3 heteroatoms. The van der Waals surface area contributed by atoms with E-state index >= 15 is 0 Å². The summed E-state index contributed by atoms with van der Waals surface area (Å²) in [4.78, 5) is 14.4. The van der Waals surface area contributed by atoms with E-state index in [1.165, 1.54) is 25.7 Å². The highest BCUT2D eigenvalue weighted by Gasteiger charge is 2.50. The summed E-state index contributed by atoms with van der Waals surface area (Å²) in [6, 6.07) is 0.502. The van der Waals surface area contributed by atoms with E-state index in [2.05, 4.69) is 10.2 Å². The van der Waals surface area contributed by atoms with Gasteiger partial charge in [-0.05, 0) is 38.5 Å². The molecule has 3 aliphatic rings. The molecule has 2 aliphatic heterocycles. The molecule has 3 nitrogen and oxygen atoms in total. The van der Waals surface area contributed by atoms with Crippen LogP contribution in [0, 0.1) is 0 Å². The van der Waals surface area contributed by atoms with Crippen molar-refractivity contribution in [2.24, 2.45) is 0 Å². The van der Waals surface area contributed by atoms with Gasteiger partial charge in [-0.15, -0.1) is 0 Å². The lowest BCUT2D eigenvalue weighted by molar-refractivity contribution is -0.151. The molecule has 78 valence electrons. The highest BCUT2D eigenvalue weighted by Crippen LogP contribution is 2.37. The SMILES string of the molecule is O=C1N2CCCC[C@H]2CNC12CCC2. The van der Waals surface area contributed by atoms with E-state index in [9.17, 15) is 4.79 Å². The van der Waals surface area contributed by atoms with Gasteiger partial charge >= 0.3 is 0 Å². The molecule has 1 aliphatic carbocycles. The third-order valence-electron chi connectivity index (χ3n) is 4.18. The predicted molar refractivity (Wildman–Crippen MR) is 53.9 cm³/mol. The quantitative estimate of drug-likeness (QED) is 0.621.